The van der Waals surface area contributed by atoms with E-state index in [2.05, 4.69) is 38.1 Å². The van der Waals surface area contributed by atoms with E-state index in [1.807, 2.05) is 11.8 Å². The van der Waals surface area contributed by atoms with E-state index in [0.29, 0.717) is 6.54 Å². The lowest BCUT2D eigenvalue weighted by molar-refractivity contribution is 0.905. The second kappa shape index (κ2) is 6.10. The summed E-state index contributed by atoms with van der Waals surface area (Å²) in [5, 5.41) is 0.754. The van der Waals surface area contributed by atoms with Gasteiger partial charge in [0.1, 0.15) is 0 Å². The quantitative estimate of drug-likeness (QED) is 0.806. The van der Waals surface area contributed by atoms with Gasteiger partial charge >= 0.3 is 0 Å². The maximum Gasteiger partial charge on any atom is 0.0187 e. The third kappa shape index (κ3) is 3.72. The molecular weight excluding hydrogens is 190 g/mol. The van der Waals surface area contributed by atoms with E-state index in [-0.39, 0.29) is 0 Å². The summed E-state index contributed by atoms with van der Waals surface area (Å²) >= 11 is 2.01. The van der Waals surface area contributed by atoms with Crippen LogP contribution in [0.2, 0.25) is 0 Å². The van der Waals surface area contributed by atoms with Crippen LogP contribution in [0.1, 0.15) is 31.4 Å². The Kier molecular flexibility index (Phi) is 5.05. The minimum atomic E-state index is 0.638. The molecule has 0 fully saturated rings. The molecule has 0 aromatic heterocycles. The Morgan fingerprint density at radius 3 is 2.29 bits per heavy atom. The molecule has 0 spiro atoms. The van der Waals surface area contributed by atoms with Crippen LogP contribution in [-0.2, 0) is 12.3 Å². The van der Waals surface area contributed by atoms with Crippen LogP contribution in [0.25, 0.3) is 0 Å². The number of nitrogens with two attached hydrogens (primary N) is 1. The SMILES string of the molecule is CCC(C)SCc1ccc(CN)cc1. The number of hydrogen-bond acceptors (Lipinski definition) is 2. The summed E-state index contributed by atoms with van der Waals surface area (Å²) in [6, 6.07) is 8.59. The molecule has 0 saturated carbocycles. The molecule has 1 nitrogen and oxygen atoms in total. The van der Waals surface area contributed by atoms with Crippen molar-refractivity contribution in [1.29, 1.82) is 0 Å². The van der Waals surface area contributed by atoms with Gasteiger partial charge in [0.25, 0.3) is 0 Å². The fraction of sp³-hybridized carbons (Fsp3) is 0.500. The predicted octanol–water partition coefficient (Wildman–Crippen LogP) is 3.18. The Morgan fingerprint density at radius 2 is 1.79 bits per heavy atom. The fourth-order valence-electron chi connectivity index (χ4n) is 1.13. The Bertz CT molecular complexity index is 256. The Labute approximate surface area is 91.1 Å². The lowest BCUT2D eigenvalue weighted by atomic mass is 10.1. The summed E-state index contributed by atoms with van der Waals surface area (Å²) in [6.45, 7) is 5.15. The normalized spacial score (nSPS) is 12.8. The zero-order chi connectivity index (χ0) is 10.4. The average Bonchev–Trinajstić information content (AvgIpc) is 2.26. The molecule has 0 radical (unpaired) electrons. The molecular formula is C12H19NS. The van der Waals surface area contributed by atoms with Gasteiger partial charge in [-0.15, -0.1) is 0 Å². The van der Waals surface area contributed by atoms with Crippen LogP contribution in [0, 0.1) is 0 Å². The second-order valence-corrected chi connectivity index (χ2v) is 4.98. The summed E-state index contributed by atoms with van der Waals surface area (Å²) in [5.41, 5.74) is 8.14. The maximum absolute atomic E-state index is 5.54. The first kappa shape index (κ1) is 11.6. The number of rotatable bonds is 5. The number of thioether (sulfide) groups is 1. The van der Waals surface area contributed by atoms with Crippen molar-refractivity contribution in [2.45, 2.75) is 37.8 Å². The van der Waals surface area contributed by atoms with Crippen LogP contribution in [0.5, 0.6) is 0 Å². The summed E-state index contributed by atoms with van der Waals surface area (Å²) in [5.74, 6) is 1.11. The molecule has 0 heterocycles. The third-order valence-corrected chi connectivity index (χ3v) is 3.77. The van der Waals surface area contributed by atoms with Crippen LogP contribution in [0.3, 0.4) is 0 Å². The van der Waals surface area contributed by atoms with E-state index in [9.17, 15) is 0 Å². The molecule has 1 unspecified atom stereocenters. The molecule has 1 rings (SSSR count). The molecule has 1 aromatic rings. The predicted molar refractivity (Wildman–Crippen MR) is 65.4 cm³/mol. The van der Waals surface area contributed by atoms with Gasteiger partial charge in [0, 0.05) is 17.5 Å². The van der Waals surface area contributed by atoms with Crippen molar-refractivity contribution in [2.75, 3.05) is 0 Å². The Morgan fingerprint density at radius 1 is 1.21 bits per heavy atom. The van der Waals surface area contributed by atoms with E-state index >= 15 is 0 Å². The molecule has 0 aliphatic carbocycles. The standard InChI is InChI=1S/C12H19NS/c1-3-10(2)14-9-12-6-4-11(8-13)5-7-12/h4-7,10H,3,8-9,13H2,1-2H3. The first-order valence-electron chi connectivity index (χ1n) is 5.15. The summed E-state index contributed by atoms with van der Waals surface area (Å²) < 4.78 is 0. The zero-order valence-electron chi connectivity index (χ0n) is 8.99. The van der Waals surface area contributed by atoms with Gasteiger partial charge in [0.2, 0.25) is 0 Å². The Balaban J connectivity index is 2.43. The van der Waals surface area contributed by atoms with Gasteiger partial charge in [-0.25, -0.2) is 0 Å². The summed E-state index contributed by atoms with van der Waals surface area (Å²) in [6.07, 6.45) is 1.24. The lowest BCUT2D eigenvalue weighted by Gasteiger charge is -2.08. The molecule has 0 amide bonds. The highest BCUT2D eigenvalue weighted by molar-refractivity contribution is 7.99. The first-order valence-corrected chi connectivity index (χ1v) is 6.20. The van der Waals surface area contributed by atoms with Crippen LogP contribution in [0.15, 0.2) is 24.3 Å². The molecule has 0 bridgehead atoms. The van der Waals surface area contributed by atoms with Crippen LogP contribution >= 0.6 is 11.8 Å². The van der Waals surface area contributed by atoms with E-state index in [4.69, 9.17) is 5.73 Å². The van der Waals surface area contributed by atoms with Crippen LogP contribution < -0.4 is 5.73 Å². The van der Waals surface area contributed by atoms with Gasteiger partial charge in [-0.2, -0.15) is 11.8 Å². The maximum atomic E-state index is 5.54. The van der Waals surface area contributed by atoms with E-state index in [1.165, 1.54) is 17.5 Å². The van der Waals surface area contributed by atoms with Crippen LogP contribution in [0.4, 0.5) is 0 Å². The van der Waals surface area contributed by atoms with Crippen LogP contribution in [-0.4, -0.2) is 5.25 Å². The van der Waals surface area contributed by atoms with Crippen molar-refractivity contribution in [3.63, 3.8) is 0 Å². The number of hydrogen-bond donors (Lipinski definition) is 1. The summed E-state index contributed by atoms with van der Waals surface area (Å²) in [4.78, 5) is 0. The summed E-state index contributed by atoms with van der Waals surface area (Å²) in [7, 11) is 0. The van der Waals surface area contributed by atoms with Crippen molar-refractivity contribution in [2.24, 2.45) is 5.73 Å². The second-order valence-electron chi connectivity index (χ2n) is 3.55. The molecule has 0 aliphatic heterocycles. The topological polar surface area (TPSA) is 26.0 Å². The molecule has 0 aliphatic rings. The molecule has 1 aromatic carbocycles. The highest BCUT2D eigenvalue weighted by Gasteiger charge is 1.99. The molecule has 2 heteroatoms. The number of benzene rings is 1. The van der Waals surface area contributed by atoms with Gasteiger partial charge in [0.15, 0.2) is 0 Å². The molecule has 0 saturated heterocycles. The Hall–Kier alpha value is -0.470. The smallest absolute Gasteiger partial charge is 0.0187 e. The minimum absolute atomic E-state index is 0.638. The third-order valence-electron chi connectivity index (χ3n) is 2.37. The molecule has 2 N–H and O–H groups in total. The van der Waals surface area contributed by atoms with Gasteiger partial charge in [-0.05, 0) is 17.5 Å². The molecule has 14 heavy (non-hydrogen) atoms. The first-order chi connectivity index (χ1) is 6.76. The minimum Gasteiger partial charge on any atom is -0.326 e. The van der Waals surface area contributed by atoms with Gasteiger partial charge in [-0.3, -0.25) is 0 Å². The van der Waals surface area contributed by atoms with Gasteiger partial charge in [0.05, 0.1) is 0 Å². The van der Waals surface area contributed by atoms with E-state index in [1.54, 1.807) is 0 Å². The highest BCUT2D eigenvalue weighted by Crippen LogP contribution is 2.19. The average molecular weight is 209 g/mol. The monoisotopic (exact) mass is 209 g/mol. The largest absolute Gasteiger partial charge is 0.326 e. The highest BCUT2D eigenvalue weighted by atomic mass is 32.2. The van der Waals surface area contributed by atoms with Crippen molar-refractivity contribution in [1.82, 2.24) is 0 Å². The van der Waals surface area contributed by atoms with Crippen molar-refractivity contribution >= 4 is 11.8 Å². The van der Waals surface area contributed by atoms with E-state index < -0.39 is 0 Å². The molecule has 78 valence electrons. The fourth-order valence-corrected chi connectivity index (χ4v) is 2.03. The zero-order valence-corrected chi connectivity index (χ0v) is 9.81. The van der Waals surface area contributed by atoms with Gasteiger partial charge < -0.3 is 5.73 Å². The van der Waals surface area contributed by atoms with Gasteiger partial charge in [-0.1, -0.05) is 38.1 Å². The molecule has 1 atom stereocenters. The lowest BCUT2D eigenvalue weighted by Crippen LogP contribution is -1.97. The van der Waals surface area contributed by atoms with E-state index in [0.717, 1.165) is 11.0 Å². The van der Waals surface area contributed by atoms with Crippen molar-refractivity contribution < 1.29 is 0 Å². The van der Waals surface area contributed by atoms with Crippen molar-refractivity contribution in [3.8, 4) is 0 Å². The van der Waals surface area contributed by atoms with Crippen molar-refractivity contribution in [3.05, 3.63) is 35.4 Å².